The van der Waals surface area contributed by atoms with Crippen molar-refractivity contribution in [3.8, 4) is 0 Å². The van der Waals surface area contributed by atoms with Crippen molar-refractivity contribution in [3.05, 3.63) is 11.9 Å². The molecule has 0 spiro atoms. The number of carbonyl (C=O) groups is 2. The number of ketones is 1. The number of nitrogens with one attached hydrogen (secondary N) is 1. The Balaban J connectivity index is 1.74. The molecule has 1 N–H and O–H groups in total. The number of aromatic nitrogens is 3. The van der Waals surface area contributed by atoms with Gasteiger partial charge in [-0.1, -0.05) is 5.21 Å². The van der Waals surface area contributed by atoms with Crippen LogP contribution in [0.15, 0.2) is 6.20 Å². The molecule has 0 saturated carbocycles. The zero-order valence-electron chi connectivity index (χ0n) is 19.4. The summed E-state index contributed by atoms with van der Waals surface area (Å²) in [6.45, 7) is 9.30. The van der Waals surface area contributed by atoms with Gasteiger partial charge in [-0.2, -0.15) is 0 Å². The Morgan fingerprint density at radius 1 is 0.844 bits per heavy atom. The molecule has 0 atom stereocenters. The van der Waals surface area contributed by atoms with Crippen LogP contribution < -0.4 is 5.32 Å². The third-order valence-electron chi connectivity index (χ3n) is 4.09. The van der Waals surface area contributed by atoms with Crippen LogP contribution in [-0.2, 0) is 39.8 Å². The zero-order chi connectivity index (χ0) is 23.3. The number of hydrogen-bond donors (Lipinski definition) is 1. The number of carbonyl (C=O) groups excluding carboxylic acids is 2. The summed E-state index contributed by atoms with van der Waals surface area (Å²) < 4.78 is 28.7. The van der Waals surface area contributed by atoms with Crippen molar-refractivity contribution in [1.29, 1.82) is 0 Å². The molecule has 1 heterocycles. The lowest BCUT2D eigenvalue weighted by atomic mass is 10.2. The predicted octanol–water partition coefficient (Wildman–Crippen LogP) is 0.545. The molecule has 0 bridgehead atoms. The highest BCUT2D eigenvalue weighted by Crippen LogP contribution is 1.92. The molecular formula is C21H38N4O7. The van der Waals surface area contributed by atoms with Gasteiger partial charge in [-0.05, 0) is 20.3 Å². The van der Waals surface area contributed by atoms with E-state index in [2.05, 4.69) is 15.6 Å². The molecule has 0 aliphatic rings. The molecule has 11 nitrogen and oxygen atoms in total. The molecule has 0 radical (unpaired) electrons. The second-order valence-electron chi connectivity index (χ2n) is 7.09. The van der Waals surface area contributed by atoms with E-state index >= 15 is 0 Å². The van der Waals surface area contributed by atoms with Crippen LogP contribution in [0.3, 0.4) is 0 Å². The molecule has 0 saturated heterocycles. The summed E-state index contributed by atoms with van der Waals surface area (Å²) in [6, 6.07) is 0. The van der Waals surface area contributed by atoms with Crippen molar-refractivity contribution in [3.63, 3.8) is 0 Å². The maximum absolute atomic E-state index is 11.7. The van der Waals surface area contributed by atoms with E-state index in [9.17, 15) is 9.59 Å². The molecule has 0 aromatic carbocycles. The second-order valence-corrected chi connectivity index (χ2v) is 7.09. The van der Waals surface area contributed by atoms with Gasteiger partial charge in [-0.3, -0.25) is 4.79 Å². The van der Waals surface area contributed by atoms with E-state index < -0.39 is 0 Å². The summed E-state index contributed by atoms with van der Waals surface area (Å²) in [5.74, 6) is 0.0902. The number of hydrogen-bond acceptors (Lipinski definition) is 9. The third-order valence-corrected chi connectivity index (χ3v) is 4.09. The van der Waals surface area contributed by atoms with Gasteiger partial charge in [0, 0.05) is 32.2 Å². The van der Waals surface area contributed by atoms with E-state index in [0.29, 0.717) is 92.0 Å². The first-order valence-corrected chi connectivity index (χ1v) is 11.1. The summed E-state index contributed by atoms with van der Waals surface area (Å²) in [6.07, 6.45) is 3.43. The maximum atomic E-state index is 11.7. The number of ether oxygens (including phenoxy) is 5. The molecule has 0 unspecified atom stereocenters. The molecular weight excluding hydrogens is 420 g/mol. The minimum atomic E-state index is -0.0783. The topological polar surface area (TPSA) is 123 Å². The maximum Gasteiger partial charge on any atom is 0.222 e. The van der Waals surface area contributed by atoms with E-state index in [1.807, 2.05) is 13.1 Å². The van der Waals surface area contributed by atoms with Gasteiger partial charge in [0.05, 0.1) is 71.7 Å². The Kier molecular flexibility index (Phi) is 17.3. The minimum Gasteiger partial charge on any atom is -0.379 e. The molecule has 0 aliphatic carbocycles. The van der Waals surface area contributed by atoms with Gasteiger partial charge in [-0.25, -0.2) is 4.68 Å². The van der Waals surface area contributed by atoms with Gasteiger partial charge in [0.15, 0.2) is 0 Å². The second kappa shape index (κ2) is 19.7. The fourth-order valence-corrected chi connectivity index (χ4v) is 2.47. The molecule has 1 aromatic heterocycles. The van der Waals surface area contributed by atoms with Crippen LogP contribution in [0.4, 0.5) is 0 Å². The third kappa shape index (κ3) is 17.7. The molecule has 1 amide bonds. The predicted molar refractivity (Wildman–Crippen MR) is 116 cm³/mol. The number of aryl methyl sites for hydroxylation is 1. The SMILES string of the molecule is CC(=O)CCCOCCOCCC(=O)NCCOCCOCCOCCn1cc(C)nn1. The molecule has 1 rings (SSSR count). The lowest BCUT2D eigenvalue weighted by Gasteiger charge is -2.08. The first-order valence-electron chi connectivity index (χ1n) is 11.1. The van der Waals surface area contributed by atoms with Crippen molar-refractivity contribution in [2.75, 3.05) is 72.6 Å². The van der Waals surface area contributed by atoms with Gasteiger partial charge in [-0.15, -0.1) is 5.10 Å². The van der Waals surface area contributed by atoms with Gasteiger partial charge < -0.3 is 33.8 Å². The molecule has 32 heavy (non-hydrogen) atoms. The highest BCUT2D eigenvalue weighted by Gasteiger charge is 2.01. The summed E-state index contributed by atoms with van der Waals surface area (Å²) in [7, 11) is 0. The molecule has 0 aliphatic heterocycles. The van der Waals surface area contributed by atoms with Crippen molar-refractivity contribution < 1.29 is 33.3 Å². The Bertz CT molecular complexity index is 613. The Hall–Kier alpha value is -1.92. The highest BCUT2D eigenvalue weighted by molar-refractivity contribution is 5.76. The number of Topliss-reactive ketones (excluding diaryl/α,β-unsaturated/α-hetero) is 1. The van der Waals surface area contributed by atoms with E-state index in [1.165, 1.54) is 0 Å². The highest BCUT2D eigenvalue weighted by atomic mass is 16.5. The average molecular weight is 459 g/mol. The van der Waals surface area contributed by atoms with Crippen LogP contribution in [-0.4, -0.2) is 99.3 Å². The summed E-state index contributed by atoms with van der Waals surface area (Å²) >= 11 is 0. The fraction of sp³-hybridized carbons (Fsp3) is 0.810. The number of nitrogens with zero attached hydrogens (tertiary/aromatic N) is 3. The summed E-state index contributed by atoms with van der Waals surface area (Å²) in [5.41, 5.74) is 0.887. The first kappa shape index (κ1) is 28.1. The average Bonchev–Trinajstić information content (AvgIpc) is 3.18. The largest absolute Gasteiger partial charge is 0.379 e. The minimum absolute atomic E-state index is 0.0783. The molecule has 11 heteroatoms. The fourth-order valence-electron chi connectivity index (χ4n) is 2.47. The molecule has 184 valence electrons. The zero-order valence-corrected chi connectivity index (χ0v) is 19.4. The Labute approximate surface area is 190 Å². The van der Waals surface area contributed by atoms with E-state index in [0.717, 1.165) is 12.1 Å². The van der Waals surface area contributed by atoms with Crippen LogP contribution in [0.25, 0.3) is 0 Å². The van der Waals surface area contributed by atoms with Crippen molar-refractivity contribution in [2.45, 2.75) is 39.7 Å². The first-order chi connectivity index (χ1) is 15.6. The quantitative estimate of drug-likeness (QED) is 0.248. The monoisotopic (exact) mass is 458 g/mol. The van der Waals surface area contributed by atoms with Crippen LogP contribution >= 0.6 is 0 Å². The Morgan fingerprint density at radius 3 is 2.06 bits per heavy atom. The van der Waals surface area contributed by atoms with Gasteiger partial charge in [0.2, 0.25) is 5.91 Å². The van der Waals surface area contributed by atoms with E-state index in [4.69, 9.17) is 23.7 Å². The van der Waals surface area contributed by atoms with Crippen LogP contribution in [0, 0.1) is 6.92 Å². The molecule has 0 fully saturated rings. The smallest absolute Gasteiger partial charge is 0.222 e. The molecule has 1 aromatic rings. The van der Waals surface area contributed by atoms with Crippen LogP contribution in [0.1, 0.15) is 31.9 Å². The number of amides is 1. The van der Waals surface area contributed by atoms with Crippen LogP contribution in [0.5, 0.6) is 0 Å². The lowest BCUT2D eigenvalue weighted by molar-refractivity contribution is -0.122. The van der Waals surface area contributed by atoms with Gasteiger partial charge in [0.1, 0.15) is 5.78 Å². The van der Waals surface area contributed by atoms with Crippen molar-refractivity contribution in [2.24, 2.45) is 0 Å². The van der Waals surface area contributed by atoms with Gasteiger partial charge in [0.25, 0.3) is 0 Å². The standard InChI is InChI=1S/C21H38N4O7/c1-19-18-25(24-23-19)7-11-31-15-17-32-16-14-30-10-6-22-21(27)5-9-29-13-12-28-8-3-4-20(2)26/h18H,3-17H2,1-2H3,(H,22,27). The normalized spacial score (nSPS) is 11.1. The van der Waals surface area contributed by atoms with Crippen LogP contribution in [0.2, 0.25) is 0 Å². The summed E-state index contributed by atoms with van der Waals surface area (Å²) in [5, 5.41) is 10.6. The summed E-state index contributed by atoms with van der Waals surface area (Å²) in [4.78, 5) is 22.4. The Morgan fingerprint density at radius 2 is 1.44 bits per heavy atom. The van der Waals surface area contributed by atoms with Gasteiger partial charge >= 0.3 is 0 Å². The van der Waals surface area contributed by atoms with Crippen molar-refractivity contribution in [1.82, 2.24) is 20.3 Å². The van der Waals surface area contributed by atoms with E-state index in [-0.39, 0.29) is 11.7 Å². The van der Waals surface area contributed by atoms with Crippen molar-refractivity contribution >= 4 is 11.7 Å². The number of rotatable bonds is 22. The van der Waals surface area contributed by atoms with E-state index in [1.54, 1.807) is 11.6 Å². The lowest BCUT2D eigenvalue weighted by Crippen LogP contribution is -2.28.